The summed E-state index contributed by atoms with van der Waals surface area (Å²) >= 11 is 5.97. The van der Waals surface area contributed by atoms with Crippen LogP contribution in [0.1, 0.15) is 37.3 Å². The highest BCUT2D eigenvalue weighted by molar-refractivity contribution is 6.31. The normalized spacial score (nSPS) is 12.2. The van der Waals surface area contributed by atoms with Gasteiger partial charge in [-0.05, 0) is 35.6 Å². The van der Waals surface area contributed by atoms with Gasteiger partial charge in [-0.25, -0.2) is 4.98 Å². The van der Waals surface area contributed by atoms with Crippen LogP contribution in [0.4, 0.5) is 0 Å². The summed E-state index contributed by atoms with van der Waals surface area (Å²) in [7, 11) is 0. The molecule has 1 heterocycles. The number of pyridine rings is 1. The monoisotopic (exact) mass is 290 g/mol. The van der Waals surface area contributed by atoms with E-state index in [1.165, 1.54) is 5.56 Å². The molecule has 2 aromatic rings. The summed E-state index contributed by atoms with van der Waals surface area (Å²) in [4.78, 5) is 4.15. The van der Waals surface area contributed by atoms with Gasteiger partial charge in [0.2, 0.25) is 5.88 Å². The Bertz CT molecular complexity index is 569. The Morgan fingerprint density at radius 1 is 1.30 bits per heavy atom. The fraction of sp³-hybridized carbons (Fsp3) is 0.312. The number of nitrogens with zero attached hydrogens (tertiary/aromatic N) is 1. The number of halogens is 1. The minimum atomic E-state index is 0.366. The Labute approximate surface area is 124 Å². The lowest BCUT2D eigenvalue weighted by atomic mass is 9.99. The molecule has 2 N–H and O–H groups in total. The molecule has 2 rings (SSSR count). The highest BCUT2D eigenvalue weighted by Gasteiger charge is 2.06. The fourth-order valence-electron chi connectivity index (χ4n) is 1.89. The molecule has 1 atom stereocenters. The van der Waals surface area contributed by atoms with Gasteiger partial charge in [0.25, 0.3) is 0 Å². The number of hydrogen-bond donors (Lipinski definition) is 1. The average Bonchev–Trinajstić information content (AvgIpc) is 2.49. The van der Waals surface area contributed by atoms with Gasteiger partial charge < -0.3 is 10.5 Å². The van der Waals surface area contributed by atoms with Crippen molar-refractivity contribution in [3.05, 3.63) is 52.7 Å². The third-order valence-corrected chi connectivity index (χ3v) is 3.75. The van der Waals surface area contributed by atoms with Crippen LogP contribution in [-0.2, 0) is 6.54 Å². The Morgan fingerprint density at radius 3 is 2.60 bits per heavy atom. The molecule has 1 unspecified atom stereocenters. The molecule has 0 bridgehead atoms. The van der Waals surface area contributed by atoms with Crippen LogP contribution in [0, 0.1) is 0 Å². The van der Waals surface area contributed by atoms with Crippen molar-refractivity contribution in [1.29, 1.82) is 0 Å². The van der Waals surface area contributed by atoms with Gasteiger partial charge in [0, 0.05) is 18.8 Å². The molecular formula is C16H19ClN2O. The average molecular weight is 291 g/mol. The zero-order chi connectivity index (χ0) is 14.5. The van der Waals surface area contributed by atoms with Crippen LogP contribution >= 0.6 is 11.6 Å². The smallest absolute Gasteiger partial charge is 0.219 e. The van der Waals surface area contributed by atoms with Crippen molar-refractivity contribution in [2.24, 2.45) is 5.73 Å². The molecule has 1 aromatic heterocycles. The number of ether oxygens (including phenoxy) is 1. The summed E-state index contributed by atoms with van der Waals surface area (Å²) in [5.41, 5.74) is 7.75. The summed E-state index contributed by atoms with van der Waals surface area (Å²) in [6.45, 7) is 4.76. The lowest BCUT2D eigenvalue weighted by molar-refractivity contribution is 0.462. The van der Waals surface area contributed by atoms with Gasteiger partial charge in [0.1, 0.15) is 5.75 Å². The van der Waals surface area contributed by atoms with E-state index in [-0.39, 0.29) is 0 Å². The minimum absolute atomic E-state index is 0.366. The lowest BCUT2D eigenvalue weighted by Crippen LogP contribution is -1.99. The third kappa shape index (κ3) is 3.50. The molecule has 106 valence electrons. The van der Waals surface area contributed by atoms with Crippen molar-refractivity contribution in [2.45, 2.75) is 32.7 Å². The summed E-state index contributed by atoms with van der Waals surface area (Å²) in [6.07, 6.45) is 2.69. The molecule has 20 heavy (non-hydrogen) atoms. The van der Waals surface area contributed by atoms with Crippen molar-refractivity contribution in [1.82, 2.24) is 4.98 Å². The van der Waals surface area contributed by atoms with Crippen LogP contribution in [0.3, 0.4) is 0 Å². The quantitative estimate of drug-likeness (QED) is 0.882. The van der Waals surface area contributed by atoms with E-state index in [1.807, 2.05) is 12.1 Å². The zero-order valence-electron chi connectivity index (χ0n) is 11.8. The molecule has 0 saturated heterocycles. The van der Waals surface area contributed by atoms with E-state index in [0.29, 0.717) is 23.4 Å². The van der Waals surface area contributed by atoms with E-state index in [9.17, 15) is 0 Å². The van der Waals surface area contributed by atoms with Gasteiger partial charge in [-0.1, -0.05) is 37.6 Å². The summed E-state index contributed by atoms with van der Waals surface area (Å²) in [5.74, 6) is 1.82. The molecule has 0 fully saturated rings. The molecule has 0 aliphatic carbocycles. The molecule has 0 radical (unpaired) electrons. The summed E-state index contributed by atoms with van der Waals surface area (Å²) < 4.78 is 5.72. The van der Waals surface area contributed by atoms with Gasteiger partial charge in [0.05, 0.1) is 5.02 Å². The predicted molar refractivity (Wildman–Crippen MR) is 82.4 cm³/mol. The molecule has 0 saturated carbocycles. The second-order valence-corrected chi connectivity index (χ2v) is 5.21. The Balaban J connectivity index is 2.14. The van der Waals surface area contributed by atoms with Crippen LogP contribution in [0.2, 0.25) is 5.02 Å². The van der Waals surface area contributed by atoms with Gasteiger partial charge in [0.15, 0.2) is 0 Å². The zero-order valence-corrected chi connectivity index (χ0v) is 12.5. The van der Waals surface area contributed by atoms with Gasteiger partial charge >= 0.3 is 0 Å². The maximum Gasteiger partial charge on any atom is 0.219 e. The van der Waals surface area contributed by atoms with Crippen molar-refractivity contribution in [3.63, 3.8) is 0 Å². The SMILES string of the molecule is CCC(C)c1ccc(Oc2cc(CN)c(Cl)cn2)cc1. The number of aromatic nitrogens is 1. The van der Waals surface area contributed by atoms with E-state index in [1.54, 1.807) is 12.3 Å². The Kier molecular flexibility index (Phi) is 4.99. The van der Waals surface area contributed by atoms with Crippen molar-refractivity contribution in [2.75, 3.05) is 0 Å². The number of hydrogen-bond acceptors (Lipinski definition) is 3. The second-order valence-electron chi connectivity index (χ2n) is 4.80. The van der Waals surface area contributed by atoms with Crippen LogP contribution in [0.15, 0.2) is 36.5 Å². The molecule has 3 nitrogen and oxygen atoms in total. The molecule has 0 amide bonds. The molecule has 0 aliphatic rings. The van der Waals surface area contributed by atoms with Gasteiger partial charge in [-0.2, -0.15) is 0 Å². The first-order chi connectivity index (χ1) is 9.63. The number of nitrogens with two attached hydrogens (primary N) is 1. The van der Waals surface area contributed by atoms with E-state index < -0.39 is 0 Å². The third-order valence-electron chi connectivity index (χ3n) is 3.41. The van der Waals surface area contributed by atoms with Crippen molar-refractivity contribution >= 4 is 11.6 Å². The topological polar surface area (TPSA) is 48.1 Å². The first-order valence-corrected chi connectivity index (χ1v) is 7.14. The van der Waals surface area contributed by atoms with Gasteiger partial charge in [-0.15, -0.1) is 0 Å². The first-order valence-electron chi connectivity index (χ1n) is 6.76. The molecule has 0 spiro atoms. The number of rotatable bonds is 5. The maximum absolute atomic E-state index is 5.97. The lowest BCUT2D eigenvalue weighted by Gasteiger charge is -2.11. The van der Waals surface area contributed by atoms with E-state index in [0.717, 1.165) is 17.7 Å². The first kappa shape index (κ1) is 14.8. The van der Waals surface area contributed by atoms with Crippen LogP contribution in [0.25, 0.3) is 0 Å². The second kappa shape index (κ2) is 6.73. The number of benzene rings is 1. The Hall–Kier alpha value is -1.58. The molecule has 1 aromatic carbocycles. The predicted octanol–water partition coefficient (Wildman–Crippen LogP) is 4.50. The molecule has 4 heteroatoms. The van der Waals surface area contributed by atoms with E-state index >= 15 is 0 Å². The van der Waals surface area contributed by atoms with Crippen LogP contribution in [-0.4, -0.2) is 4.98 Å². The van der Waals surface area contributed by atoms with Crippen molar-refractivity contribution < 1.29 is 4.74 Å². The standard InChI is InChI=1S/C16H19ClN2O/c1-3-11(2)12-4-6-14(7-5-12)20-16-8-13(9-18)15(17)10-19-16/h4-8,10-11H,3,9,18H2,1-2H3. The minimum Gasteiger partial charge on any atom is -0.439 e. The van der Waals surface area contributed by atoms with E-state index in [4.69, 9.17) is 22.1 Å². The molecular weight excluding hydrogens is 272 g/mol. The van der Waals surface area contributed by atoms with Gasteiger partial charge in [-0.3, -0.25) is 0 Å². The highest BCUT2D eigenvalue weighted by atomic mass is 35.5. The Morgan fingerprint density at radius 2 is 2.00 bits per heavy atom. The maximum atomic E-state index is 5.97. The van der Waals surface area contributed by atoms with Crippen LogP contribution in [0.5, 0.6) is 11.6 Å². The largest absolute Gasteiger partial charge is 0.439 e. The summed E-state index contributed by atoms with van der Waals surface area (Å²) in [5, 5.41) is 0.562. The van der Waals surface area contributed by atoms with E-state index in [2.05, 4.69) is 31.0 Å². The highest BCUT2D eigenvalue weighted by Crippen LogP contribution is 2.26. The fourth-order valence-corrected chi connectivity index (χ4v) is 2.07. The molecule has 0 aliphatic heterocycles. The summed E-state index contributed by atoms with van der Waals surface area (Å²) in [6, 6.07) is 9.86. The van der Waals surface area contributed by atoms with Crippen molar-refractivity contribution in [3.8, 4) is 11.6 Å². The van der Waals surface area contributed by atoms with Crippen LogP contribution < -0.4 is 10.5 Å².